The fraction of sp³-hybridized carbons (Fsp3) is 0.857. The van der Waals surface area contributed by atoms with Gasteiger partial charge in [-0.25, -0.2) is 4.79 Å². The second-order valence-corrected chi connectivity index (χ2v) is 5.86. The van der Waals surface area contributed by atoms with Gasteiger partial charge in [0.1, 0.15) is 11.6 Å². The van der Waals surface area contributed by atoms with Crippen LogP contribution in [0.1, 0.15) is 40.0 Å². The number of methoxy groups -OCH3 is 1. The number of alkyl carbamates (subject to hydrolysis) is 1. The van der Waals surface area contributed by atoms with E-state index in [9.17, 15) is 9.59 Å². The Morgan fingerprint density at radius 2 is 1.90 bits per heavy atom. The number of rotatable bonds is 8. The third kappa shape index (κ3) is 9.25. The summed E-state index contributed by atoms with van der Waals surface area (Å²) >= 11 is 0. The Morgan fingerprint density at radius 3 is 2.38 bits per heavy atom. The van der Waals surface area contributed by atoms with Gasteiger partial charge in [0, 0.05) is 6.54 Å². The first-order valence-electron chi connectivity index (χ1n) is 7.07. The number of amides is 1. The fourth-order valence-corrected chi connectivity index (χ4v) is 1.72. The molecule has 0 saturated carbocycles. The van der Waals surface area contributed by atoms with E-state index in [1.165, 1.54) is 12.0 Å². The third-order valence-corrected chi connectivity index (χ3v) is 2.80. The van der Waals surface area contributed by atoms with E-state index in [1.54, 1.807) is 27.8 Å². The van der Waals surface area contributed by atoms with Crippen LogP contribution in [0.2, 0.25) is 0 Å². The second kappa shape index (κ2) is 9.57. The minimum absolute atomic E-state index is 0.212. The summed E-state index contributed by atoms with van der Waals surface area (Å²) in [6, 6.07) is -0.471. The predicted molar refractivity (Wildman–Crippen MR) is 78.7 cm³/mol. The molecular weight excluding hydrogens is 276 g/mol. The van der Waals surface area contributed by atoms with Crippen LogP contribution >= 0.6 is 0 Å². The quantitative estimate of drug-likeness (QED) is 0.397. The largest absolute Gasteiger partial charge is 0.468 e. The third-order valence-electron chi connectivity index (χ3n) is 2.80. The number of aliphatic hydroxyl groups excluding tert-OH is 1. The van der Waals surface area contributed by atoms with Gasteiger partial charge in [-0.2, -0.15) is 0 Å². The van der Waals surface area contributed by atoms with Crippen molar-refractivity contribution in [1.82, 2.24) is 10.2 Å². The van der Waals surface area contributed by atoms with E-state index in [2.05, 4.69) is 5.32 Å². The molecule has 0 aromatic heterocycles. The average molecular weight is 304 g/mol. The Balaban J connectivity index is 3.96. The van der Waals surface area contributed by atoms with Crippen molar-refractivity contribution in [2.75, 3.05) is 27.4 Å². The molecule has 0 aliphatic carbocycles. The number of carbonyl (C=O) groups excluding carboxylic acids is 2. The second-order valence-electron chi connectivity index (χ2n) is 5.86. The van der Waals surface area contributed by atoms with E-state index >= 15 is 0 Å². The molecule has 0 aliphatic rings. The Hall–Kier alpha value is -1.34. The first-order valence-corrected chi connectivity index (χ1v) is 7.07. The minimum atomic E-state index is -0.510. The highest BCUT2D eigenvalue weighted by molar-refractivity contribution is 5.75. The van der Waals surface area contributed by atoms with Crippen LogP contribution in [0.5, 0.6) is 0 Å². The Labute approximate surface area is 126 Å². The van der Waals surface area contributed by atoms with Crippen molar-refractivity contribution >= 4 is 12.1 Å². The smallest absolute Gasteiger partial charge is 0.407 e. The summed E-state index contributed by atoms with van der Waals surface area (Å²) in [6.07, 6.45) is 1.55. The summed E-state index contributed by atoms with van der Waals surface area (Å²) in [7, 11) is 2.98. The van der Waals surface area contributed by atoms with Gasteiger partial charge < -0.3 is 19.9 Å². The molecule has 0 radical (unpaired) electrons. The highest BCUT2D eigenvalue weighted by Crippen LogP contribution is 2.09. The molecule has 0 aliphatic heterocycles. The summed E-state index contributed by atoms with van der Waals surface area (Å²) < 4.78 is 9.82. The molecule has 0 aromatic carbocycles. The number of esters is 1. The lowest BCUT2D eigenvalue weighted by Crippen LogP contribution is -2.40. The van der Waals surface area contributed by atoms with Crippen molar-refractivity contribution in [3.63, 3.8) is 0 Å². The molecule has 0 heterocycles. The predicted octanol–water partition coefficient (Wildman–Crippen LogP) is 1.10. The van der Waals surface area contributed by atoms with Gasteiger partial charge in [0.2, 0.25) is 0 Å². The molecule has 0 saturated heterocycles. The number of likely N-dealkylation sites (N-methyl/N-ethyl adjacent to an activating group) is 1. The monoisotopic (exact) mass is 304 g/mol. The van der Waals surface area contributed by atoms with Crippen molar-refractivity contribution < 1.29 is 24.2 Å². The highest BCUT2D eigenvalue weighted by atomic mass is 16.6. The Kier molecular flexibility index (Phi) is 8.96. The van der Waals surface area contributed by atoms with Crippen LogP contribution < -0.4 is 5.32 Å². The lowest BCUT2D eigenvalue weighted by Gasteiger charge is -2.23. The van der Waals surface area contributed by atoms with Crippen molar-refractivity contribution in [2.45, 2.75) is 51.7 Å². The van der Waals surface area contributed by atoms with E-state index in [0.29, 0.717) is 19.4 Å². The standard InChI is InChI=1S/C14H28N2O5/c1-14(2,3)21-13(19)15-9-7-6-8-11(12(18)20-5)16(4)10-17/h11,17H,6-10H2,1-5H3,(H,15,19)/t11-/m0/s1. The SMILES string of the molecule is COC(=O)[C@H](CCCCNC(=O)OC(C)(C)C)N(C)CO. The molecule has 0 rings (SSSR count). The van der Waals surface area contributed by atoms with Crippen LogP contribution in [0.3, 0.4) is 0 Å². The van der Waals surface area contributed by atoms with Gasteiger partial charge in [-0.15, -0.1) is 0 Å². The first-order chi connectivity index (χ1) is 9.71. The molecule has 1 amide bonds. The van der Waals surface area contributed by atoms with Crippen LogP contribution in [0, 0.1) is 0 Å². The van der Waals surface area contributed by atoms with Gasteiger partial charge in [-0.3, -0.25) is 9.69 Å². The number of nitrogens with one attached hydrogen (secondary N) is 1. The van der Waals surface area contributed by atoms with E-state index in [1.807, 2.05) is 0 Å². The van der Waals surface area contributed by atoms with Crippen molar-refractivity contribution in [2.24, 2.45) is 0 Å². The zero-order valence-corrected chi connectivity index (χ0v) is 13.6. The van der Waals surface area contributed by atoms with Crippen LogP contribution in [0.4, 0.5) is 4.79 Å². The van der Waals surface area contributed by atoms with E-state index < -0.39 is 17.7 Å². The molecule has 21 heavy (non-hydrogen) atoms. The van der Waals surface area contributed by atoms with E-state index in [0.717, 1.165) is 6.42 Å². The van der Waals surface area contributed by atoms with Gasteiger partial charge >= 0.3 is 12.1 Å². The molecule has 7 nitrogen and oxygen atoms in total. The zero-order chi connectivity index (χ0) is 16.5. The van der Waals surface area contributed by atoms with E-state index in [-0.39, 0.29) is 12.7 Å². The molecule has 0 aromatic rings. The van der Waals surface area contributed by atoms with Crippen molar-refractivity contribution in [1.29, 1.82) is 0 Å². The maximum absolute atomic E-state index is 11.6. The van der Waals surface area contributed by atoms with Crippen LogP contribution in [0.25, 0.3) is 0 Å². The number of hydrogen-bond acceptors (Lipinski definition) is 6. The topological polar surface area (TPSA) is 88.1 Å². The lowest BCUT2D eigenvalue weighted by atomic mass is 10.1. The number of aliphatic hydroxyl groups is 1. The summed E-state index contributed by atoms with van der Waals surface area (Å²) in [6.45, 7) is 5.68. The molecule has 7 heteroatoms. The van der Waals surface area contributed by atoms with Crippen molar-refractivity contribution in [3.05, 3.63) is 0 Å². The van der Waals surface area contributed by atoms with E-state index in [4.69, 9.17) is 14.6 Å². The van der Waals surface area contributed by atoms with Gasteiger partial charge in [-0.05, 0) is 47.1 Å². The summed E-state index contributed by atoms with van der Waals surface area (Å²) in [5.74, 6) is -0.369. The molecular formula is C14H28N2O5. The molecule has 0 fully saturated rings. The van der Waals surface area contributed by atoms with Crippen molar-refractivity contribution in [3.8, 4) is 0 Å². The molecule has 0 bridgehead atoms. The van der Waals surface area contributed by atoms with Gasteiger partial charge in [0.05, 0.1) is 13.8 Å². The fourth-order valence-electron chi connectivity index (χ4n) is 1.72. The number of hydrogen-bond donors (Lipinski definition) is 2. The van der Waals surface area contributed by atoms with Gasteiger partial charge in [-0.1, -0.05) is 0 Å². The molecule has 0 unspecified atom stereocenters. The zero-order valence-electron chi connectivity index (χ0n) is 13.6. The van der Waals surface area contributed by atoms with Gasteiger partial charge in [0.15, 0.2) is 0 Å². The maximum Gasteiger partial charge on any atom is 0.407 e. The van der Waals surface area contributed by atoms with Crippen LogP contribution in [-0.4, -0.2) is 61.1 Å². The highest BCUT2D eigenvalue weighted by Gasteiger charge is 2.22. The van der Waals surface area contributed by atoms with Crippen LogP contribution in [-0.2, 0) is 14.3 Å². The first kappa shape index (κ1) is 19.7. The number of ether oxygens (including phenoxy) is 2. The summed E-state index contributed by atoms with van der Waals surface area (Å²) in [5.41, 5.74) is -0.510. The number of carbonyl (C=O) groups is 2. The Morgan fingerprint density at radius 1 is 1.29 bits per heavy atom. The summed E-state index contributed by atoms with van der Waals surface area (Å²) in [4.78, 5) is 24.5. The number of nitrogens with zero attached hydrogens (tertiary/aromatic N) is 1. The molecule has 0 spiro atoms. The van der Waals surface area contributed by atoms with Gasteiger partial charge in [0.25, 0.3) is 0 Å². The summed E-state index contributed by atoms with van der Waals surface area (Å²) in [5, 5.41) is 11.7. The minimum Gasteiger partial charge on any atom is -0.468 e. The average Bonchev–Trinajstić information content (AvgIpc) is 2.39. The lowest BCUT2D eigenvalue weighted by molar-refractivity contribution is -0.148. The maximum atomic E-state index is 11.6. The Bertz CT molecular complexity index is 328. The normalized spacial score (nSPS) is 12.9. The van der Waals surface area contributed by atoms with Crippen LogP contribution in [0.15, 0.2) is 0 Å². The number of unbranched alkanes of at least 4 members (excludes halogenated alkanes) is 1. The molecule has 2 N–H and O–H groups in total. The molecule has 124 valence electrons. The molecule has 1 atom stereocenters.